The van der Waals surface area contributed by atoms with Crippen LogP contribution < -0.4 is 5.32 Å². The number of methoxy groups -OCH3 is 1. The molecule has 2 aromatic rings. The molecule has 2 aliphatic rings. The van der Waals surface area contributed by atoms with E-state index in [1.807, 2.05) is 0 Å². The first-order valence-electron chi connectivity index (χ1n) is 11.4. The number of carbonyl (C=O) groups is 3. The number of rotatable bonds is 6. The summed E-state index contributed by atoms with van der Waals surface area (Å²) in [6.45, 7) is 1.26. The lowest BCUT2D eigenvalue weighted by molar-refractivity contribution is -0.128. The number of nitrogens with one attached hydrogen (secondary N) is 1. The Labute approximate surface area is 207 Å². The minimum atomic E-state index is -1.08. The highest BCUT2D eigenvalue weighted by Crippen LogP contribution is 2.39. The highest BCUT2D eigenvalue weighted by molar-refractivity contribution is 6.30. The number of nitrogens with zero attached hydrogens (tertiary/aromatic N) is 2. The van der Waals surface area contributed by atoms with Crippen molar-refractivity contribution in [2.24, 2.45) is 0 Å². The van der Waals surface area contributed by atoms with Crippen LogP contribution in [0.4, 0.5) is 4.39 Å². The Hall–Kier alpha value is -3.01. The molecule has 0 saturated carbocycles. The van der Waals surface area contributed by atoms with Crippen LogP contribution in [0, 0.1) is 5.82 Å². The largest absolute Gasteiger partial charge is 0.383 e. The van der Waals surface area contributed by atoms with Gasteiger partial charge in [-0.3, -0.25) is 19.3 Å². The van der Waals surface area contributed by atoms with Gasteiger partial charge in [0.2, 0.25) is 5.91 Å². The normalized spacial score (nSPS) is 19.1. The molecule has 35 heavy (non-hydrogen) atoms. The maximum atomic E-state index is 13.9. The first-order valence-corrected chi connectivity index (χ1v) is 11.8. The van der Waals surface area contributed by atoms with Crippen molar-refractivity contribution in [2.75, 3.05) is 40.0 Å². The molecule has 0 unspecified atom stereocenters. The van der Waals surface area contributed by atoms with E-state index in [4.69, 9.17) is 21.1 Å². The summed E-state index contributed by atoms with van der Waals surface area (Å²) in [5, 5.41) is 3.30. The fourth-order valence-electron chi connectivity index (χ4n) is 4.56. The summed E-state index contributed by atoms with van der Waals surface area (Å²) >= 11 is 5.93. The zero-order valence-corrected chi connectivity index (χ0v) is 20.1. The van der Waals surface area contributed by atoms with E-state index in [-0.39, 0.29) is 30.5 Å². The van der Waals surface area contributed by atoms with Crippen molar-refractivity contribution in [3.8, 4) is 0 Å². The topological polar surface area (TPSA) is 88.2 Å². The molecule has 0 radical (unpaired) electrons. The number of hydrogen-bond acceptors (Lipinski definition) is 5. The monoisotopic (exact) mass is 503 g/mol. The van der Waals surface area contributed by atoms with Gasteiger partial charge in [-0.05, 0) is 42.5 Å². The van der Waals surface area contributed by atoms with Crippen molar-refractivity contribution in [2.45, 2.75) is 24.6 Å². The van der Waals surface area contributed by atoms with E-state index in [0.717, 1.165) is 6.07 Å². The SMILES string of the molecule is COCCNC(=O)[C@@H]1COC2(CCN(C(=O)c3ccc(Cl)cc3)CC2)N1C(=O)c1cccc(F)c1. The van der Waals surface area contributed by atoms with Crippen LogP contribution >= 0.6 is 11.6 Å². The first kappa shape index (κ1) is 25.1. The number of hydrogen-bond donors (Lipinski definition) is 1. The highest BCUT2D eigenvalue weighted by atomic mass is 35.5. The summed E-state index contributed by atoms with van der Waals surface area (Å²) < 4.78 is 25.0. The Morgan fingerprint density at radius 1 is 1.11 bits per heavy atom. The standard InChI is InChI=1S/C25H27ClFN3O5/c1-34-14-11-28-22(31)21-16-35-25(30(21)24(33)18-3-2-4-20(27)15-18)9-12-29(13-10-25)23(32)17-5-7-19(26)8-6-17/h2-8,15,21H,9-14,16H2,1H3,(H,28,31)/t21-/m0/s1. The number of benzene rings is 2. The lowest BCUT2D eigenvalue weighted by Gasteiger charge is -2.44. The van der Waals surface area contributed by atoms with E-state index in [9.17, 15) is 18.8 Å². The Kier molecular flexibility index (Phi) is 7.69. The lowest BCUT2D eigenvalue weighted by Crippen LogP contribution is -2.60. The van der Waals surface area contributed by atoms with Crippen LogP contribution in [0.25, 0.3) is 0 Å². The average Bonchev–Trinajstić information content (AvgIpc) is 3.22. The highest BCUT2D eigenvalue weighted by Gasteiger charge is 2.54. The van der Waals surface area contributed by atoms with Gasteiger partial charge in [0.15, 0.2) is 0 Å². The molecular formula is C25H27ClFN3O5. The molecule has 2 saturated heterocycles. The first-order chi connectivity index (χ1) is 16.8. The number of amides is 3. The average molecular weight is 504 g/mol. The van der Waals surface area contributed by atoms with Crippen LogP contribution in [0.3, 0.4) is 0 Å². The van der Waals surface area contributed by atoms with Gasteiger partial charge in [-0.2, -0.15) is 0 Å². The quantitative estimate of drug-likeness (QED) is 0.612. The molecule has 186 valence electrons. The number of likely N-dealkylation sites (tertiary alicyclic amines) is 1. The van der Waals surface area contributed by atoms with Gasteiger partial charge >= 0.3 is 0 Å². The second kappa shape index (κ2) is 10.7. The molecule has 0 aromatic heterocycles. The van der Waals surface area contributed by atoms with E-state index in [2.05, 4.69) is 5.32 Å². The molecule has 2 aliphatic heterocycles. The Balaban J connectivity index is 1.55. The van der Waals surface area contributed by atoms with E-state index in [0.29, 0.717) is 43.1 Å². The number of ether oxygens (including phenoxy) is 2. The molecule has 4 rings (SSSR count). The zero-order chi connectivity index (χ0) is 25.0. The Bertz CT molecular complexity index is 1090. The van der Waals surface area contributed by atoms with Crippen LogP contribution in [0.1, 0.15) is 33.6 Å². The number of halogens is 2. The summed E-state index contributed by atoms with van der Waals surface area (Å²) in [5.74, 6) is -1.56. The molecule has 2 aromatic carbocycles. The molecule has 3 amide bonds. The van der Waals surface area contributed by atoms with E-state index >= 15 is 0 Å². The second-order valence-electron chi connectivity index (χ2n) is 8.54. The minimum absolute atomic E-state index is 0.00496. The van der Waals surface area contributed by atoms with E-state index in [1.54, 1.807) is 29.2 Å². The van der Waals surface area contributed by atoms with Gasteiger partial charge in [0, 0.05) is 55.7 Å². The fraction of sp³-hybridized carbons (Fsp3) is 0.400. The number of carbonyl (C=O) groups excluding carboxylic acids is 3. The van der Waals surface area contributed by atoms with Gasteiger partial charge in [0.25, 0.3) is 11.8 Å². The third-order valence-corrected chi connectivity index (χ3v) is 6.63. The maximum absolute atomic E-state index is 13.9. The van der Waals surface area contributed by atoms with Crippen molar-refractivity contribution in [1.82, 2.24) is 15.1 Å². The van der Waals surface area contributed by atoms with Crippen LogP contribution in [-0.2, 0) is 14.3 Å². The van der Waals surface area contributed by atoms with Crippen LogP contribution in [0.5, 0.6) is 0 Å². The molecular weight excluding hydrogens is 477 g/mol. The minimum Gasteiger partial charge on any atom is -0.383 e. The van der Waals surface area contributed by atoms with Gasteiger partial charge in [-0.15, -0.1) is 0 Å². The third kappa shape index (κ3) is 5.32. The molecule has 2 fully saturated rings. The molecule has 1 N–H and O–H groups in total. The van der Waals surface area contributed by atoms with Crippen molar-refractivity contribution in [3.05, 3.63) is 70.5 Å². The van der Waals surface area contributed by atoms with Gasteiger partial charge in [0.1, 0.15) is 17.6 Å². The zero-order valence-electron chi connectivity index (χ0n) is 19.3. The van der Waals surface area contributed by atoms with Crippen molar-refractivity contribution >= 4 is 29.3 Å². The van der Waals surface area contributed by atoms with Crippen molar-refractivity contribution in [1.29, 1.82) is 0 Å². The molecule has 1 spiro atoms. The third-order valence-electron chi connectivity index (χ3n) is 6.38. The van der Waals surface area contributed by atoms with Crippen molar-refractivity contribution < 1.29 is 28.2 Å². The van der Waals surface area contributed by atoms with Crippen LogP contribution in [-0.4, -0.2) is 79.2 Å². The summed E-state index contributed by atoms with van der Waals surface area (Å²) in [7, 11) is 1.53. The smallest absolute Gasteiger partial charge is 0.256 e. The Morgan fingerprint density at radius 2 is 1.83 bits per heavy atom. The maximum Gasteiger partial charge on any atom is 0.256 e. The summed E-state index contributed by atoms with van der Waals surface area (Å²) in [5.41, 5.74) is -0.436. The molecule has 2 heterocycles. The molecule has 10 heteroatoms. The van der Waals surface area contributed by atoms with E-state index in [1.165, 1.54) is 30.2 Å². The molecule has 1 atom stereocenters. The van der Waals surface area contributed by atoms with Gasteiger partial charge in [0.05, 0.1) is 13.2 Å². The lowest BCUT2D eigenvalue weighted by atomic mass is 9.96. The second-order valence-corrected chi connectivity index (χ2v) is 8.98. The van der Waals surface area contributed by atoms with Gasteiger partial charge in [-0.1, -0.05) is 17.7 Å². The Morgan fingerprint density at radius 3 is 2.49 bits per heavy atom. The van der Waals surface area contributed by atoms with Crippen molar-refractivity contribution in [3.63, 3.8) is 0 Å². The summed E-state index contributed by atoms with van der Waals surface area (Å²) in [4.78, 5) is 42.6. The van der Waals surface area contributed by atoms with E-state index < -0.39 is 23.5 Å². The van der Waals surface area contributed by atoms with Crippen LogP contribution in [0.2, 0.25) is 5.02 Å². The van der Waals surface area contributed by atoms with Gasteiger partial charge in [-0.25, -0.2) is 4.39 Å². The summed E-state index contributed by atoms with van der Waals surface area (Å²) in [6, 6.07) is 11.1. The van der Waals surface area contributed by atoms with Gasteiger partial charge < -0.3 is 19.7 Å². The summed E-state index contributed by atoms with van der Waals surface area (Å²) in [6.07, 6.45) is 0.629. The fourth-order valence-corrected chi connectivity index (χ4v) is 4.68. The number of piperidine rings is 1. The molecule has 8 nitrogen and oxygen atoms in total. The van der Waals surface area contributed by atoms with Crippen LogP contribution in [0.15, 0.2) is 48.5 Å². The predicted molar refractivity (Wildman–Crippen MR) is 127 cm³/mol. The molecule has 0 bridgehead atoms. The molecule has 0 aliphatic carbocycles. The predicted octanol–water partition coefficient (Wildman–Crippen LogP) is 2.72.